The maximum Gasteiger partial charge on any atom is 0.260 e. The molecule has 180 valence electrons. The van der Waals surface area contributed by atoms with Crippen LogP contribution in [0.5, 0.6) is 5.75 Å². The fourth-order valence-corrected chi connectivity index (χ4v) is 4.18. The molecule has 0 saturated carbocycles. The predicted molar refractivity (Wildman–Crippen MR) is 134 cm³/mol. The van der Waals surface area contributed by atoms with Crippen molar-refractivity contribution in [3.8, 4) is 11.4 Å². The molecule has 0 unspecified atom stereocenters. The maximum absolute atomic E-state index is 12.7. The first-order valence-corrected chi connectivity index (χ1v) is 11.9. The zero-order valence-electron chi connectivity index (χ0n) is 20.3. The van der Waals surface area contributed by atoms with E-state index in [1.807, 2.05) is 60.4 Å². The van der Waals surface area contributed by atoms with Gasteiger partial charge >= 0.3 is 0 Å². The third-order valence-electron chi connectivity index (χ3n) is 6.34. The number of piperazine rings is 1. The molecule has 3 heterocycles. The minimum absolute atomic E-state index is 0.0178. The Balaban J connectivity index is 1.22. The fraction of sp³-hybridized carbons (Fsp3) is 0.346. The van der Waals surface area contributed by atoms with Gasteiger partial charge in [-0.05, 0) is 42.7 Å². The van der Waals surface area contributed by atoms with E-state index in [0.29, 0.717) is 49.0 Å². The van der Waals surface area contributed by atoms with Crippen LogP contribution in [0.2, 0.25) is 0 Å². The number of nitrogens with zero attached hydrogens (tertiary/aromatic N) is 7. The van der Waals surface area contributed by atoms with E-state index in [4.69, 9.17) is 4.74 Å². The summed E-state index contributed by atoms with van der Waals surface area (Å²) in [5, 5.41) is 8.69. The Morgan fingerprint density at radius 3 is 2.37 bits per heavy atom. The number of ether oxygens (including phenoxy) is 1. The SMILES string of the molecule is Cc1ccc(-n2nnc3c(N4CCN(C(=O)COc5ccc(C(C)C)cc5)CC4)ncnc32)cc1. The van der Waals surface area contributed by atoms with E-state index < -0.39 is 0 Å². The van der Waals surface area contributed by atoms with E-state index in [1.54, 1.807) is 11.0 Å². The number of carbonyl (C=O) groups is 1. The molecular formula is C26H29N7O2. The first-order chi connectivity index (χ1) is 17.0. The van der Waals surface area contributed by atoms with E-state index >= 15 is 0 Å². The van der Waals surface area contributed by atoms with Crippen LogP contribution in [0.15, 0.2) is 54.9 Å². The van der Waals surface area contributed by atoms with Gasteiger partial charge in [-0.2, -0.15) is 4.68 Å². The summed E-state index contributed by atoms with van der Waals surface area (Å²) in [6, 6.07) is 16.0. The zero-order valence-corrected chi connectivity index (χ0v) is 20.3. The number of rotatable bonds is 6. The summed E-state index contributed by atoms with van der Waals surface area (Å²) in [5.74, 6) is 1.89. The molecule has 2 aromatic carbocycles. The normalized spacial score (nSPS) is 14.1. The highest BCUT2D eigenvalue weighted by atomic mass is 16.5. The molecular weight excluding hydrogens is 442 g/mol. The Labute approximate surface area is 204 Å². The van der Waals surface area contributed by atoms with Crippen LogP contribution in [0, 0.1) is 6.92 Å². The summed E-state index contributed by atoms with van der Waals surface area (Å²) >= 11 is 0. The van der Waals surface area contributed by atoms with Crippen LogP contribution in [0.3, 0.4) is 0 Å². The summed E-state index contributed by atoms with van der Waals surface area (Å²) < 4.78 is 7.46. The van der Waals surface area contributed by atoms with Gasteiger partial charge in [0, 0.05) is 26.2 Å². The standard InChI is InChI=1S/C26H29N7O2/c1-18(2)20-6-10-22(11-7-20)35-16-23(34)31-12-14-32(15-13-31)25-24-26(28-17-27-25)33(30-29-24)21-8-4-19(3)5-9-21/h4-11,17-18H,12-16H2,1-3H3. The second kappa shape index (κ2) is 9.69. The molecule has 0 N–H and O–H groups in total. The van der Waals surface area contributed by atoms with Crippen molar-refractivity contribution in [1.82, 2.24) is 29.9 Å². The Bertz CT molecular complexity index is 1310. The van der Waals surface area contributed by atoms with Crippen molar-refractivity contribution >= 4 is 22.9 Å². The molecule has 0 bridgehead atoms. The van der Waals surface area contributed by atoms with Gasteiger partial charge in [-0.25, -0.2) is 9.97 Å². The minimum atomic E-state index is -0.0178. The largest absolute Gasteiger partial charge is 0.484 e. The quantitative estimate of drug-likeness (QED) is 0.426. The minimum Gasteiger partial charge on any atom is -0.484 e. The van der Waals surface area contributed by atoms with Gasteiger partial charge in [0.2, 0.25) is 0 Å². The summed E-state index contributed by atoms with van der Waals surface area (Å²) in [5.41, 5.74) is 4.64. The number of fused-ring (bicyclic) bond motifs is 1. The van der Waals surface area contributed by atoms with Crippen LogP contribution in [-0.2, 0) is 4.79 Å². The van der Waals surface area contributed by atoms with Crippen LogP contribution < -0.4 is 9.64 Å². The number of carbonyl (C=O) groups excluding carboxylic acids is 1. The number of anilines is 1. The lowest BCUT2D eigenvalue weighted by Gasteiger charge is -2.35. The van der Waals surface area contributed by atoms with Crippen molar-refractivity contribution in [3.05, 3.63) is 66.0 Å². The molecule has 9 heteroatoms. The third kappa shape index (κ3) is 4.80. The molecule has 1 fully saturated rings. The Morgan fingerprint density at radius 1 is 0.971 bits per heavy atom. The molecule has 9 nitrogen and oxygen atoms in total. The molecule has 0 aliphatic carbocycles. The van der Waals surface area contributed by atoms with Gasteiger partial charge in [0.05, 0.1) is 5.69 Å². The number of amides is 1. The van der Waals surface area contributed by atoms with E-state index in [1.165, 1.54) is 11.1 Å². The van der Waals surface area contributed by atoms with Gasteiger partial charge < -0.3 is 14.5 Å². The highest BCUT2D eigenvalue weighted by Gasteiger charge is 2.25. The van der Waals surface area contributed by atoms with Crippen molar-refractivity contribution in [2.24, 2.45) is 0 Å². The Kier molecular flexibility index (Phi) is 6.31. The molecule has 0 spiro atoms. The Hall–Kier alpha value is -4.01. The molecule has 4 aromatic rings. The molecule has 1 saturated heterocycles. The van der Waals surface area contributed by atoms with Gasteiger partial charge in [-0.15, -0.1) is 5.10 Å². The van der Waals surface area contributed by atoms with Crippen LogP contribution in [-0.4, -0.2) is 68.6 Å². The second-order valence-corrected chi connectivity index (χ2v) is 9.09. The van der Waals surface area contributed by atoms with Crippen LogP contribution in [0.4, 0.5) is 5.82 Å². The van der Waals surface area contributed by atoms with Crippen molar-refractivity contribution in [2.75, 3.05) is 37.7 Å². The summed E-state index contributed by atoms with van der Waals surface area (Å²) in [6.45, 7) is 8.86. The number of benzene rings is 2. The molecule has 5 rings (SSSR count). The molecule has 0 atom stereocenters. The average Bonchev–Trinajstić information content (AvgIpc) is 3.32. The average molecular weight is 472 g/mol. The lowest BCUT2D eigenvalue weighted by Crippen LogP contribution is -2.50. The highest BCUT2D eigenvalue weighted by molar-refractivity contribution is 5.84. The Morgan fingerprint density at radius 2 is 1.69 bits per heavy atom. The van der Waals surface area contributed by atoms with E-state index in [0.717, 1.165) is 11.5 Å². The molecule has 1 aliphatic heterocycles. The van der Waals surface area contributed by atoms with E-state index in [9.17, 15) is 4.79 Å². The van der Waals surface area contributed by atoms with Crippen molar-refractivity contribution < 1.29 is 9.53 Å². The summed E-state index contributed by atoms with van der Waals surface area (Å²) in [4.78, 5) is 25.6. The highest BCUT2D eigenvalue weighted by Crippen LogP contribution is 2.24. The first-order valence-electron chi connectivity index (χ1n) is 11.9. The first kappa shape index (κ1) is 22.8. The second-order valence-electron chi connectivity index (χ2n) is 9.09. The monoisotopic (exact) mass is 471 g/mol. The van der Waals surface area contributed by atoms with E-state index in [2.05, 4.69) is 39.0 Å². The molecule has 35 heavy (non-hydrogen) atoms. The van der Waals surface area contributed by atoms with Crippen molar-refractivity contribution in [2.45, 2.75) is 26.7 Å². The molecule has 2 aromatic heterocycles. The maximum atomic E-state index is 12.7. The summed E-state index contributed by atoms with van der Waals surface area (Å²) in [6.07, 6.45) is 1.54. The smallest absolute Gasteiger partial charge is 0.260 e. The number of aromatic nitrogens is 5. The topological polar surface area (TPSA) is 89.3 Å². The van der Waals surface area contributed by atoms with E-state index in [-0.39, 0.29) is 12.5 Å². The number of hydrogen-bond acceptors (Lipinski definition) is 7. The fourth-order valence-electron chi connectivity index (χ4n) is 4.18. The molecule has 1 aliphatic rings. The van der Waals surface area contributed by atoms with Crippen LogP contribution in [0.1, 0.15) is 30.9 Å². The molecule has 1 amide bonds. The van der Waals surface area contributed by atoms with Gasteiger partial charge in [0.1, 0.15) is 12.1 Å². The van der Waals surface area contributed by atoms with Gasteiger partial charge in [-0.1, -0.05) is 48.9 Å². The van der Waals surface area contributed by atoms with Gasteiger partial charge in [0.25, 0.3) is 5.91 Å². The zero-order chi connectivity index (χ0) is 24.4. The predicted octanol–water partition coefficient (Wildman–Crippen LogP) is 3.37. The third-order valence-corrected chi connectivity index (χ3v) is 6.34. The van der Waals surface area contributed by atoms with Gasteiger partial charge in [-0.3, -0.25) is 4.79 Å². The number of aryl methyl sites for hydroxylation is 1. The van der Waals surface area contributed by atoms with Crippen LogP contribution >= 0.6 is 0 Å². The molecule has 0 radical (unpaired) electrons. The lowest BCUT2D eigenvalue weighted by atomic mass is 10.0. The van der Waals surface area contributed by atoms with Crippen molar-refractivity contribution in [1.29, 1.82) is 0 Å². The van der Waals surface area contributed by atoms with Crippen molar-refractivity contribution in [3.63, 3.8) is 0 Å². The number of hydrogen-bond donors (Lipinski definition) is 0. The summed E-state index contributed by atoms with van der Waals surface area (Å²) in [7, 11) is 0. The lowest BCUT2D eigenvalue weighted by molar-refractivity contribution is -0.133. The van der Waals surface area contributed by atoms with Gasteiger partial charge in [0.15, 0.2) is 23.6 Å². The van der Waals surface area contributed by atoms with Crippen LogP contribution in [0.25, 0.3) is 16.9 Å².